The number of nitrogens with zero attached hydrogens (tertiary/aromatic N) is 2. The average molecular weight is 923 g/mol. The van der Waals surface area contributed by atoms with Crippen LogP contribution in [0.25, 0.3) is 44.5 Å². The molecule has 0 heterocycles. The van der Waals surface area contributed by atoms with Crippen molar-refractivity contribution in [2.24, 2.45) is 0 Å². The average Bonchev–Trinajstić information content (AvgIpc) is 3.91. The van der Waals surface area contributed by atoms with E-state index in [9.17, 15) is 0 Å². The Hall–Kier alpha value is -9.00. The Labute approximate surface area is 415 Å². The molecule has 0 aliphatic heterocycles. The lowest BCUT2D eigenvalue weighted by atomic mass is 9.70. The van der Waals surface area contributed by atoms with Crippen LogP contribution in [-0.2, 0) is 5.41 Å². The van der Waals surface area contributed by atoms with Crippen molar-refractivity contribution < 1.29 is 18.9 Å². The lowest BCUT2D eigenvalue weighted by Crippen LogP contribution is -2.26. The van der Waals surface area contributed by atoms with Gasteiger partial charge in [0.05, 0.1) is 33.9 Å². The predicted octanol–water partition coefficient (Wildman–Crippen LogP) is 16.3. The minimum atomic E-state index is -0.525. The van der Waals surface area contributed by atoms with E-state index in [-0.39, 0.29) is 0 Å². The van der Waals surface area contributed by atoms with Crippen molar-refractivity contribution in [3.8, 4) is 67.5 Å². The van der Waals surface area contributed by atoms with Gasteiger partial charge in [0.15, 0.2) is 0 Å². The summed E-state index contributed by atoms with van der Waals surface area (Å²) in [6.45, 7) is 0. The summed E-state index contributed by atoms with van der Waals surface area (Å²) in [6, 6.07) is 82.8. The van der Waals surface area contributed by atoms with Crippen LogP contribution >= 0.6 is 0 Å². The zero-order valence-electron chi connectivity index (χ0n) is 40.0. The Balaban J connectivity index is 0.950. The predicted molar refractivity (Wildman–Crippen MR) is 289 cm³/mol. The molecule has 0 bridgehead atoms. The highest BCUT2D eigenvalue weighted by Crippen LogP contribution is 2.63. The lowest BCUT2D eigenvalue weighted by molar-refractivity contribution is 0.414. The molecule has 344 valence electrons. The molecular formula is C65H50N2O4. The van der Waals surface area contributed by atoms with Gasteiger partial charge in [-0.05, 0) is 200 Å². The van der Waals surface area contributed by atoms with Crippen molar-refractivity contribution in [1.29, 1.82) is 0 Å². The van der Waals surface area contributed by atoms with Crippen molar-refractivity contribution in [2.75, 3.05) is 38.2 Å². The summed E-state index contributed by atoms with van der Waals surface area (Å²) in [7, 11) is 6.78. The largest absolute Gasteiger partial charge is 0.497 e. The van der Waals surface area contributed by atoms with Crippen LogP contribution in [0.5, 0.6) is 23.0 Å². The molecule has 0 radical (unpaired) electrons. The maximum absolute atomic E-state index is 5.51. The smallest absolute Gasteiger partial charge is 0.119 e. The Kier molecular flexibility index (Phi) is 10.9. The molecule has 6 heteroatoms. The quantitative estimate of drug-likeness (QED) is 0.122. The third kappa shape index (κ3) is 7.26. The van der Waals surface area contributed by atoms with Gasteiger partial charge in [0.1, 0.15) is 23.0 Å². The Morgan fingerprint density at radius 1 is 0.254 bits per heavy atom. The first-order valence-corrected chi connectivity index (χ1v) is 23.9. The molecule has 0 aromatic heterocycles. The monoisotopic (exact) mass is 922 g/mol. The van der Waals surface area contributed by atoms with Crippen LogP contribution in [0, 0.1) is 0 Å². The summed E-state index contributed by atoms with van der Waals surface area (Å²) >= 11 is 0. The fourth-order valence-corrected chi connectivity index (χ4v) is 10.9. The van der Waals surface area contributed by atoms with Gasteiger partial charge in [0.25, 0.3) is 0 Å². The molecule has 0 atom stereocenters. The third-order valence-electron chi connectivity index (χ3n) is 14.3. The maximum atomic E-state index is 5.51. The molecule has 0 unspecified atom stereocenters. The van der Waals surface area contributed by atoms with Gasteiger partial charge in [-0.1, -0.05) is 97.1 Å². The van der Waals surface area contributed by atoms with Crippen molar-refractivity contribution >= 4 is 34.1 Å². The van der Waals surface area contributed by atoms with Gasteiger partial charge in [0, 0.05) is 34.1 Å². The first kappa shape index (κ1) is 43.3. The summed E-state index contributed by atoms with van der Waals surface area (Å²) in [6.07, 6.45) is 0. The van der Waals surface area contributed by atoms with Crippen molar-refractivity contribution in [3.63, 3.8) is 0 Å². The highest BCUT2D eigenvalue weighted by molar-refractivity contribution is 5.97. The molecule has 10 aromatic carbocycles. The van der Waals surface area contributed by atoms with E-state index in [1.165, 1.54) is 55.6 Å². The van der Waals surface area contributed by atoms with Crippen molar-refractivity contribution in [2.45, 2.75) is 5.41 Å². The van der Waals surface area contributed by atoms with E-state index >= 15 is 0 Å². The molecule has 0 saturated carbocycles. The molecule has 1 spiro atoms. The zero-order valence-corrected chi connectivity index (χ0v) is 40.0. The molecular weight excluding hydrogens is 873 g/mol. The Bertz CT molecular complexity index is 3220. The van der Waals surface area contributed by atoms with E-state index in [0.29, 0.717) is 0 Å². The number of hydrogen-bond acceptors (Lipinski definition) is 6. The fraction of sp³-hybridized carbons (Fsp3) is 0.0769. The summed E-state index contributed by atoms with van der Waals surface area (Å²) in [4.78, 5) is 4.51. The van der Waals surface area contributed by atoms with Crippen LogP contribution in [-0.4, -0.2) is 28.4 Å². The molecule has 0 fully saturated rings. The molecule has 6 nitrogen and oxygen atoms in total. The van der Waals surface area contributed by atoms with Crippen LogP contribution < -0.4 is 28.7 Å². The van der Waals surface area contributed by atoms with Crippen molar-refractivity contribution in [3.05, 3.63) is 253 Å². The van der Waals surface area contributed by atoms with E-state index in [1.807, 2.05) is 48.5 Å². The Morgan fingerprint density at radius 3 is 0.803 bits per heavy atom. The minimum absolute atomic E-state index is 0.525. The van der Waals surface area contributed by atoms with Crippen LogP contribution in [0.3, 0.4) is 0 Å². The van der Waals surface area contributed by atoms with Gasteiger partial charge in [0.2, 0.25) is 0 Å². The summed E-state index contributed by atoms with van der Waals surface area (Å²) in [5.74, 6) is 3.25. The summed E-state index contributed by atoms with van der Waals surface area (Å²) in [5, 5.41) is 0. The Morgan fingerprint density at radius 2 is 0.507 bits per heavy atom. The molecule has 2 aliphatic carbocycles. The molecule has 0 saturated heterocycles. The van der Waals surface area contributed by atoms with E-state index < -0.39 is 5.41 Å². The van der Waals surface area contributed by atoms with Crippen LogP contribution in [0.15, 0.2) is 231 Å². The van der Waals surface area contributed by atoms with Crippen LogP contribution in [0.1, 0.15) is 22.3 Å². The van der Waals surface area contributed by atoms with Gasteiger partial charge < -0.3 is 28.7 Å². The number of hydrogen-bond donors (Lipinski definition) is 0. The highest BCUT2D eigenvalue weighted by atomic mass is 16.5. The second kappa shape index (κ2) is 17.8. The molecule has 12 rings (SSSR count). The van der Waals surface area contributed by atoms with Crippen molar-refractivity contribution in [1.82, 2.24) is 0 Å². The topological polar surface area (TPSA) is 43.4 Å². The molecule has 0 N–H and O–H groups in total. The number of methoxy groups -OCH3 is 4. The second-order valence-electron chi connectivity index (χ2n) is 17.9. The SMILES string of the molecule is COc1ccc(N(c2ccc(OC)cc2)c2ccc(-c3ccc4c(c3)C3(c5ccccc5-c5ccccc53)c3cc(-c5ccc(N(c6ccc(OC)cc6)c6ccc(OC)cc6)cc5)ccc3-4)cc2)cc1. The molecule has 0 amide bonds. The normalized spacial score (nSPS) is 12.3. The van der Waals surface area contributed by atoms with Crippen LogP contribution in [0.4, 0.5) is 34.1 Å². The molecule has 10 aromatic rings. The van der Waals surface area contributed by atoms with E-state index in [4.69, 9.17) is 18.9 Å². The number of ether oxygens (including phenoxy) is 4. The minimum Gasteiger partial charge on any atom is -0.497 e. The fourth-order valence-electron chi connectivity index (χ4n) is 10.9. The highest BCUT2D eigenvalue weighted by Gasteiger charge is 2.51. The maximum Gasteiger partial charge on any atom is 0.119 e. The summed E-state index contributed by atoms with van der Waals surface area (Å²) in [5.41, 5.74) is 20.6. The number of fused-ring (bicyclic) bond motifs is 10. The summed E-state index contributed by atoms with van der Waals surface area (Å²) < 4.78 is 22.0. The van der Waals surface area contributed by atoms with Gasteiger partial charge >= 0.3 is 0 Å². The first-order chi connectivity index (χ1) is 35.0. The third-order valence-corrected chi connectivity index (χ3v) is 14.3. The van der Waals surface area contributed by atoms with Gasteiger partial charge in [-0.3, -0.25) is 0 Å². The number of rotatable bonds is 12. The number of anilines is 6. The van der Waals surface area contributed by atoms with Crippen LogP contribution in [0.2, 0.25) is 0 Å². The molecule has 71 heavy (non-hydrogen) atoms. The standard InChI is InChI=1S/C65H50N2O4/c1-68-53-31-23-49(24-32-53)66(50-25-33-54(69-2)34-26-50)47-19-13-43(14-20-47)45-17-39-59-60-40-18-46(42-64(60)65(63(59)41-45)61-11-7-5-9-57(61)58-10-6-8-12-62(58)65)44-15-21-48(22-16-44)67(51-27-35-55(70-3)36-28-51)52-29-37-56(71-4)38-30-52/h5-42H,1-4H3. The van der Waals surface area contributed by atoms with Gasteiger partial charge in [-0.15, -0.1) is 0 Å². The second-order valence-corrected chi connectivity index (χ2v) is 17.9. The number of benzene rings is 10. The van der Waals surface area contributed by atoms with Gasteiger partial charge in [-0.25, -0.2) is 0 Å². The molecule has 2 aliphatic rings. The lowest BCUT2D eigenvalue weighted by Gasteiger charge is -2.31. The van der Waals surface area contributed by atoms with E-state index in [2.05, 4.69) is 192 Å². The zero-order chi connectivity index (χ0) is 48.1. The first-order valence-electron chi connectivity index (χ1n) is 23.9. The van der Waals surface area contributed by atoms with E-state index in [0.717, 1.165) is 68.2 Å². The van der Waals surface area contributed by atoms with E-state index in [1.54, 1.807) is 28.4 Å². The van der Waals surface area contributed by atoms with Gasteiger partial charge in [-0.2, -0.15) is 0 Å².